The maximum atomic E-state index is 6.83. The van der Waals surface area contributed by atoms with Crippen molar-refractivity contribution in [1.82, 2.24) is 0 Å². The summed E-state index contributed by atoms with van der Waals surface area (Å²) in [7, 11) is 0. The van der Waals surface area contributed by atoms with E-state index in [1.807, 2.05) is 11.3 Å². The van der Waals surface area contributed by atoms with E-state index in [1.54, 1.807) is 0 Å². The Bertz CT molecular complexity index is 388. The van der Waals surface area contributed by atoms with Crippen molar-refractivity contribution in [1.29, 1.82) is 0 Å². The number of rotatable bonds is 1. The van der Waals surface area contributed by atoms with Crippen molar-refractivity contribution < 1.29 is 0 Å². The van der Waals surface area contributed by atoms with Crippen LogP contribution < -0.4 is 5.73 Å². The number of thiophene rings is 1. The van der Waals surface area contributed by atoms with E-state index < -0.39 is 0 Å². The third kappa shape index (κ3) is 2.43. The maximum Gasteiger partial charge on any atom is 0.0537 e. The van der Waals surface area contributed by atoms with Crippen LogP contribution >= 0.6 is 11.3 Å². The summed E-state index contributed by atoms with van der Waals surface area (Å²) in [6.07, 6.45) is 5.04. The summed E-state index contributed by atoms with van der Waals surface area (Å²) in [5, 5.41) is 0. The van der Waals surface area contributed by atoms with Crippen LogP contribution in [-0.4, -0.2) is 0 Å². The molecular weight excluding hydrogens is 226 g/mol. The zero-order valence-electron chi connectivity index (χ0n) is 11.5. The normalized spacial score (nSPS) is 30.5. The minimum Gasteiger partial charge on any atom is -0.320 e. The molecule has 17 heavy (non-hydrogen) atoms. The van der Waals surface area contributed by atoms with Gasteiger partial charge >= 0.3 is 0 Å². The van der Waals surface area contributed by atoms with Crippen LogP contribution in [0.25, 0.3) is 0 Å². The van der Waals surface area contributed by atoms with Crippen molar-refractivity contribution in [3.8, 4) is 0 Å². The standard InChI is InChI=1S/C15H25NS/c1-11-8-9-13(17-11)15(16)10-6-5-7-12(15)14(2,3)4/h8-9,12H,5-7,10,16H2,1-4H3. The van der Waals surface area contributed by atoms with Crippen LogP contribution in [0.4, 0.5) is 0 Å². The quantitative estimate of drug-likeness (QED) is 0.784. The van der Waals surface area contributed by atoms with Crippen molar-refractivity contribution in [3.63, 3.8) is 0 Å². The maximum absolute atomic E-state index is 6.83. The molecule has 1 aliphatic rings. The van der Waals surface area contributed by atoms with Gasteiger partial charge in [0.15, 0.2) is 0 Å². The molecule has 0 amide bonds. The zero-order valence-corrected chi connectivity index (χ0v) is 12.4. The Morgan fingerprint density at radius 3 is 2.53 bits per heavy atom. The van der Waals surface area contributed by atoms with Crippen molar-refractivity contribution in [2.75, 3.05) is 0 Å². The van der Waals surface area contributed by atoms with Crippen molar-refractivity contribution in [3.05, 3.63) is 21.9 Å². The van der Waals surface area contributed by atoms with Gasteiger partial charge in [0.05, 0.1) is 5.54 Å². The Labute approximate surface area is 109 Å². The molecule has 1 fully saturated rings. The van der Waals surface area contributed by atoms with E-state index in [2.05, 4.69) is 39.8 Å². The molecule has 1 aliphatic carbocycles. The van der Waals surface area contributed by atoms with Gasteiger partial charge in [0.1, 0.15) is 0 Å². The fourth-order valence-electron chi connectivity index (χ4n) is 3.38. The van der Waals surface area contributed by atoms with E-state index >= 15 is 0 Å². The summed E-state index contributed by atoms with van der Waals surface area (Å²) in [5.74, 6) is 0.599. The van der Waals surface area contributed by atoms with Crippen molar-refractivity contribution in [2.45, 2.75) is 58.9 Å². The summed E-state index contributed by atoms with van der Waals surface area (Å²) < 4.78 is 0. The molecule has 0 bridgehead atoms. The lowest BCUT2D eigenvalue weighted by molar-refractivity contribution is 0.0802. The molecule has 0 radical (unpaired) electrons. The van der Waals surface area contributed by atoms with E-state index in [-0.39, 0.29) is 5.54 Å². The third-order valence-electron chi connectivity index (χ3n) is 4.20. The molecule has 1 aromatic heterocycles. The van der Waals surface area contributed by atoms with Crippen LogP contribution in [0, 0.1) is 18.3 Å². The molecule has 2 atom stereocenters. The van der Waals surface area contributed by atoms with Crippen LogP contribution in [0.5, 0.6) is 0 Å². The number of nitrogens with two attached hydrogens (primary N) is 1. The second-order valence-electron chi connectivity index (χ2n) is 6.62. The highest BCUT2D eigenvalue weighted by molar-refractivity contribution is 7.12. The van der Waals surface area contributed by atoms with Gasteiger partial charge in [0.2, 0.25) is 0 Å². The smallest absolute Gasteiger partial charge is 0.0537 e. The van der Waals surface area contributed by atoms with Gasteiger partial charge in [0, 0.05) is 9.75 Å². The molecule has 0 aliphatic heterocycles. The van der Waals surface area contributed by atoms with E-state index in [0.29, 0.717) is 11.3 Å². The van der Waals surface area contributed by atoms with Crippen molar-refractivity contribution in [2.24, 2.45) is 17.1 Å². The van der Waals surface area contributed by atoms with E-state index in [1.165, 1.54) is 29.0 Å². The van der Waals surface area contributed by atoms with Crippen molar-refractivity contribution >= 4 is 11.3 Å². The first-order valence-corrected chi connectivity index (χ1v) is 7.51. The van der Waals surface area contributed by atoms with Crippen LogP contribution in [0.2, 0.25) is 0 Å². The molecule has 0 spiro atoms. The molecule has 2 unspecified atom stereocenters. The SMILES string of the molecule is Cc1ccc(C2(N)CCCCC2C(C)(C)C)s1. The van der Waals surface area contributed by atoms with Crippen LogP contribution in [0.3, 0.4) is 0 Å². The average Bonchev–Trinajstić information content (AvgIpc) is 2.64. The minimum atomic E-state index is -0.0879. The highest BCUT2D eigenvalue weighted by Gasteiger charge is 2.45. The lowest BCUT2D eigenvalue weighted by Crippen LogP contribution is -2.50. The highest BCUT2D eigenvalue weighted by Crippen LogP contribution is 2.49. The Kier molecular flexibility index (Phi) is 3.39. The lowest BCUT2D eigenvalue weighted by atomic mass is 9.62. The fourth-order valence-corrected chi connectivity index (χ4v) is 4.44. The Morgan fingerprint density at radius 1 is 1.29 bits per heavy atom. The fraction of sp³-hybridized carbons (Fsp3) is 0.733. The van der Waals surface area contributed by atoms with E-state index in [4.69, 9.17) is 5.73 Å². The van der Waals surface area contributed by atoms with E-state index in [9.17, 15) is 0 Å². The summed E-state index contributed by atoms with van der Waals surface area (Å²) in [6.45, 7) is 9.19. The Balaban J connectivity index is 2.38. The van der Waals surface area contributed by atoms with Gasteiger partial charge in [-0.15, -0.1) is 11.3 Å². The van der Waals surface area contributed by atoms with Crippen LogP contribution in [0.1, 0.15) is 56.2 Å². The molecule has 1 aromatic rings. The van der Waals surface area contributed by atoms with Gasteiger partial charge in [0.25, 0.3) is 0 Å². The Hall–Kier alpha value is -0.340. The monoisotopic (exact) mass is 251 g/mol. The Morgan fingerprint density at radius 2 is 2.00 bits per heavy atom. The van der Waals surface area contributed by atoms with Gasteiger partial charge in [-0.2, -0.15) is 0 Å². The zero-order chi connectivity index (χ0) is 12.7. The molecule has 1 saturated carbocycles. The second-order valence-corrected chi connectivity index (χ2v) is 7.90. The molecule has 2 heteroatoms. The first kappa shape index (κ1) is 13.1. The first-order chi connectivity index (χ1) is 7.84. The average molecular weight is 251 g/mol. The molecule has 1 heterocycles. The topological polar surface area (TPSA) is 26.0 Å². The molecular formula is C15H25NS. The summed E-state index contributed by atoms with van der Waals surface area (Å²) in [4.78, 5) is 2.78. The third-order valence-corrected chi connectivity index (χ3v) is 5.39. The lowest BCUT2D eigenvalue weighted by Gasteiger charge is -2.47. The number of hydrogen-bond acceptors (Lipinski definition) is 2. The highest BCUT2D eigenvalue weighted by atomic mass is 32.1. The summed E-state index contributed by atoms with van der Waals surface area (Å²) in [5.41, 5.74) is 7.05. The molecule has 96 valence electrons. The molecule has 0 aromatic carbocycles. The number of hydrogen-bond donors (Lipinski definition) is 1. The summed E-state index contributed by atoms with van der Waals surface area (Å²) >= 11 is 1.89. The minimum absolute atomic E-state index is 0.0879. The van der Waals surface area contributed by atoms with Gasteiger partial charge in [-0.1, -0.05) is 33.6 Å². The van der Waals surface area contributed by atoms with Crippen LogP contribution in [0.15, 0.2) is 12.1 Å². The van der Waals surface area contributed by atoms with Gasteiger partial charge < -0.3 is 5.73 Å². The predicted molar refractivity (Wildman–Crippen MR) is 76.3 cm³/mol. The largest absolute Gasteiger partial charge is 0.320 e. The molecule has 0 saturated heterocycles. The summed E-state index contributed by atoms with van der Waals surface area (Å²) in [6, 6.07) is 4.47. The van der Waals surface area contributed by atoms with Gasteiger partial charge in [-0.3, -0.25) is 0 Å². The van der Waals surface area contributed by atoms with Gasteiger partial charge in [-0.05, 0) is 43.2 Å². The van der Waals surface area contributed by atoms with Gasteiger partial charge in [-0.25, -0.2) is 0 Å². The first-order valence-electron chi connectivity index (χ1n) is 6.70. The number of aryl methyl sites for hydroxylation is 1. The molecule has 2 rings (SSSR count). The van der Waals surface area contributed by atoms with E-state index in [0.717, 1.165) is 6.42 Å². The predicted octanol–water partition coefficient (Wildman–Crippen LogP) is 4.45. The molecule has 2 N–H and O–H groups in total. The van der Waals surface area contributed by atoms with Crippen LogP contribution in [-0.2, 0) is 5.54 Å². The second kappa shape index (κ2) is 4.40. The molecule has 1 nitrogen and oxygen atoms in total.